The van der Waals surface area contributed by atoms with Crippen molar-refractivity contribution in [1.82, 2.24) is 4.98 Å². The summed E-state index contributed by atoms with van der Waals surface area (Å²) in [4.78, 5) is 15.7. The van der Waals surface area contributed by atoms with E-state index in [1.54, 1.807) is 18.2 Å². The minimum absolute atomic E-state index is 0.0573. The molecule has 0 bridgehead atoms. The van der Waals surface area contributed by atoms with Crippen LogP contribution >= 0.6 is 11.6 Å². The molecule has 4 N–H and O–H groups in total. The third-order valence-corrected chi connectivity index (χ3v) is 8.86. The van der Waals surface area contributed by atoms with E-state index in [0.29, 0.717) is 34.6 Å². The maximum Gasteiger partial charge on any atom is 0.256 e. The molecule has 2 aromatic carbocycles. The molecule has 4 rings (SSSR count). The lowest BCUT2D eigenvalue weighted by Gasteiger charge is -2.32. The van der Waals surface area contributed by atoms with Crippen LogP contribution in [-0.4, -0.2) is 37.1 Å². The molecular weight excluding hydrogens is 486 g/mol. The second-order valence-corrected chi connectivity index (χ2v) is 12.0. The maximum atomic E-state index is 12.5. The van der Waals surface area contributed by atoms with E-state index in [1.807, 2.05) is 26.8 Å². The zero-order valence-electron chi connectivity index (χ0n) is 20.3. The highest BCUT2D eigenvalue weighted by Crippen LogP contribution is 2.45. The zero-order valence-corrected chi connectivity index (χ0v) is 21.8. The van der Waals surface area contributed by atoms with Crippen LogP contribution in [0.5, 0.6) is 0 Å². The van der Waals surface area contributed by atoms with Gasteiger partial charge in [0, 0.05) is 34.1 Å². The molecular formula is C26H30ClN3O4S. The molecule has 35 heavy (non-hydrogen) atoms. The molecule has 9 heteroatoms. The highest BCUT2D eigenvalue weighted by atomic mass is 35.5. The monoisotopic (exact) mass is 515 g/mol. The summed E-state index contributed by atoms with van der Waals surface area (Å²) in [5.74, 6) is -0.537. The Balaban J connectivity index is 2.02. The van der Waals surface area contributed by atoms with Gasteiger partial charge >= 0.3 is 0 Å². The molecule has 1 aliphatic carbocycles. The molecule has 0 spiro atoms. The maximum absolute atomic E-state index is 12.5. The summed E-state index contributed by atoms with van der Waals surface area (Å²) in [6.07, 6.45) is 2.10. The smallest absolute Gasteiger partial charge is 0.256 e. The number of halogens is 1. The lowest BCUT2D eigenvalue weighted by Crippen LogP contribution is -2.34. The Labute approximate surface area is 210 Å². The third-order valence-electron chi connectivity index (χ3n) is 7.19. The Morgan fingerprint density at radius 1 is 1.37 bits per heavy atom. The number of hydrogen-bond acceptors (Lipinski definition) is 4. The van der Waals surface area contributed by atoms with Crippen LogP contribution in [0, 0.1) is 12.8 Å². The van der Waals surface area contributed by atoms with E-state index in [1.165, 1.54) is 11.4 Å². The largest absolute Gasteiger partial charge is 0.390 e. The van der Waals surface area contributed by atoms with Gasteiger partial charge in [-0.05, 0) is 74.8 Å². The number of carbonyl (C=O) groups is 1. The molecule has 1 aliphatic rings. The van der Waals surface area contributed by atoms with Gasteiger partial charge in [0.05, 0.1) is 22.4 Å². The topological polar surface area (TPSA) is 116 Å². The number of H-pyrrole nitrogens is 1. The van der Waals surface area contributed by atoms with Crippen molar-refractivity contribution in [3.63, 3.8) is 0 Å². The molecule has 0 aliphatic heterocycles. The molecule has 7 nitrogen and oxygen atoms in total. The number of anilines is 1. The van der Waals surface area contributed by atoms with Gasteiger partial charge in [-0.1, -0.05) is 30.3 Å². The van der Waals surface area contributed by atoms with Crippen molar-refractivity contribution in [2.75, 3.05) is 11.4 Å². The second kappa shape index (κ2) is 8.69. The Morgan fingerprint density at radius 2 is 2.06 bits per heavy atom. The van der Waals surface area contributed by atoms with E-state index in [9.17, 15) is 18.3 Å². The van der Waals surface area contributed by atoms with Gasteiger partial charge in [0.25, 0.3) is 15.9 Å². The van der Waals surface area contributed by atoms with Crippen LogP contribution in [0.1, 0.15) is 47.4 Å². The van der Waals surface area contributed by atoms with Crippen LogP contribution in [0.15, 0.2) is 36.3 Å². The summed E-state index contributed by atoms with van der Waals surface area (Å²) < 4.78 is 26.1. The van der Waals surface area contributed by atoms with Gasteiger partial charge in [0.1, 0.15) is 0 Å². The van der Waals surface area contributed by atoms with Gasteiger partial charge < -0.3 is 15.8 Å². The van der Waals surface area contributed by atoms with Crippen LogP contribution in [0.2, 0.25) is 5.02 Å². The molecule has 0 unspecified atom stereocenters. The van der Waals surface area contributed by atoms with Crippen molar-refractivity contribution in [2.24, 2.45) is 11.7 Å². The minimum atomic E-state index is -3.69. The third kappa shape index (κ3) is 4.24. The highest BCUT2D eigenvalue weighted by molar-refractivity contribution is 7.95. The highest BCUT2D eigenvalue weighted by Gasteiger charge is 2.34. The first-order chi connectivity index (χ1) is 16.3. The van der Waals surface area contributed by atoms with Gasteiger partial charge in [-0.3, -0.25) is 9.10 Å². The zero-order chi connectivity index (χ0) is 25.9. The predicted molar refractivity (Wildman–Crippen MR) is 141 cm³/mol. The number of nitrogens with two attached hydrogens (primary N) is 1. The molecule has 0 saturated carbocycles. The fourth-order valence-electron chi connectivity index (χ4n) is 5.12. The number of hydrogen-bond donors (Lipinski definition) is 3. The van der Waals surface area contributed by atoms with Crippen LogP contribution in [-0.2, 0) is 22.9 Å². The molecule has 3 aromatic rings. The van der Waals surface area contributed by atoms with Crippen LogP contribution < -0.4 is 10.0 Å². The molecule has 186 valence electrons. The number of sulfonamides is 1. The van der Waals surface area contributed by atoms with Crippen molar-refractivity contribution in [3.05, 3.63) is 63.7 Å². The molecule has 1 atom stereocenters. The summed E-state index contributed by atoms with van der Waals surface area (Å²) in [6, 6.07) is 6.95. The first-order valence-electron chi connectivity index (χ1n) is 11.4. The molecule has 1 heterocycles. The fourth-order valence-corrected chi connectivity index (χ4v) is 6.12. The van der Waals surface area contributed by atoms with E-state index in [2.05, 4.69) is 11.6 Å². The number of nitrogens with zero attached hydrogens (tertiary/aromatic N) is 1. The SMILES string of the molecule is C=CS(=O)(=O)N(C)c1cccc(-c2c(Cl)cc(C(N)=O)c3[nH]c4c(c23)CC[C@@H](C(C)(C)O)C4)c1C. The molecule has 1 amide bonds. The lowest BCUT2D eigenvalue weighted by molar-refractivity contribution is 0.0107. The predicted octanol–water partition coefficient (Wildman–Crippen LogP) is 4.68. The normalized spacial score (nSPS) is 16.2. The molecule has 0 saturated heterocycles. The molecule has 0 radical (unpaired) electrons. The van der Waals surface area contributed by atoms with Crippen molar-refractivity contribution in [1.29, 1.82) is 0 Å². The second-order valence-electron chi connectivity index (χ2n) is 9.70. The molecule has 1 aromatic heterocycles. The van der Waals surface area contributed by atoms with E-state index < -0.39 is 21.5 Å². The summed E-state index contributed by atoms with van der Waals surface area (Å²) in [5.41, 5.74) is 10.4. The first-order valence-corrected chi connectivity index (χ1v) is 13.3. The number of rotatable bonds is 6. The number of amides is 1. The van der Waals surface area contributed by atoms with Gasteiger partial charge in [-0.15, -0.1) is 0 Å². The number of aromatic nitrogens is 1. The minimum Gasteiger partial charge on any atom is -0.390 e. The van der Waals surface area contributed by atoms with E-state index in [-0.39, 0.29) is 5.92 Å². The van der Waals surface area contributed by atoms with Crippen molar-refractivity contribution in [2.45, 2.75) is 45.6 Å². The fraction of sp³-hybridized carbons (Fsp3) is 0.346. The summed E-state index contributed by atoms with van der Waals surface area (Å²) in [6.45, 7) is 8.88. The van der Waals surface area contributed by atoms with Crippen LogP contribution in [0.25, 0.3) is 22.0 Å². The van der Waals surface area contributed by atoms with Gasteiger partial charge in [0.15, 0.2) is 0 Å². The van der Waals surface area contributed by atoms with Crippen LogP contribution in [0.4, 0.5) is 5.69 Å². The first kappa shape index (κ1) is 25.3. The number of benzene rings is 2. The molecule has 0 fully saturated rings. The summed E-state index contributed by atoms with van der Waals surface area (Å²) in [7, 11) is -2.22. The van der Waals surface area contributed by atoms with Crippen LogP contribution in [0.3, 0.4) is 0 Å². The van der Waals surface area contributed by atoms with E-state index >= 15 is 0 Å². The number of fused-ring (bicyclic) bond motifs is 3. The van der Waals surface area contributed by atoms with Gasteiger partial charge in [-0.2, -0.15) is 0 Å². The van der Waals surface area contributed by atoms with Gasteiger partial charge in [0.2, 0.25) is 0 Å². The van der Waals surface area contributed by atoms with E-state index in [4.69, 9.17) is 17.3 Å². The average molecular weight is 516 g/mol. The van der Waals surface area contributed by atoms with Gasteiger partial charge in [-0.25, -0.2) is 8.42 Å². The summed E-state index contributed by atoms with van der Waals surface area (Å²) >= 11 is 6.80. The number of carbonyl (C=O) groups excluding carboxylic acids is 1. The number of aromatic amines is 1. The number of aryl methyl sites for hydroxylation is 1. The van der Waals surface area contributed by atoms with E-state index in [0.717, 1.165) is 45.2 Å². The average Bonchev–Trinajstić information content (AvgIpc) is 3.16. The Morgan fingerprint density at radius 3 is 2.66 bits per heavy atom. The quantitative estimate of drug-likeness (QED) is 0.441. The number of aliphatic hydroxyl groups is 1. The van der Waals surface area contributed by atoms with Crippen molar-refractivity contribution >= 4 is 44.1 Å². The summed E-state index contributed by atoms with van der Waals surface area (Å²) in [5, 5.41) is 12.7. The van der Waals surface area contributed by atoms with Crippen molar-refractivity contribution < 1.29 is 18.3 Å². The Hall–Kier alpha value is -2.81. The number of primary amides is 1. The lowest BCUT2D eigenvalue weighted by atomic mass is 9.77. The Bertz CT molecular complexity index is 1470. The number of nitrogens with one attached hydrogen (secondary N) is 1. The Kier molecular flexibility index (Phi) is 6.28. The van der Waals surface area contributed by atoms with Crippen molar-refractivity contribution in [3.8, 4) is 11.1 Å². The standard InChI is InChI=1S/C26H30ClN3O4S/c1-6-35(33,34)30(5)21-9-7-8-16(14(21)2)22-19(27)13-18(25(28)31)24-23(22)17-11-10-15(26(3,4)32)12-20(17)29-24/h6-9,13,15,29,32H,1,10-12H2,2-5H3,(H2,28,31)/t15-/m1/s1.